The van der Waals surface area contributed by atoms with Crippen LogP contribution in [0.2, 0.25) is 0 Å². The molecule has 1 aliphatic heterocycles. The van der Waals surface area contributed by atoms with E-state index in [9.17, 15) is 20.0 Å². The van der Waals surface area contributed by atoms with E-state index in [2.05, 4.69) is 4.90 Å². The second-order valence-electron chi connectivity index (χ2n) is 5.18. The molecule has 1 aromatic rings. The summed E-state index contributed by atoms with van der Waals surface area (Å²) in [5.74, 6) is -0.769. The minimum absolute atomic E-state index is 0.132. The molecule has 0 amide bonds. The molecule has 0 aromatic carbocycles. The van der Waals surface area contributed by atoms with E-state index in [1.807, 2.05) is 0 Å². The van der Waals surface area contributed by atoms with Crippen molar-refractivity contribution >= 4 is 22.3 Å². The highest BCUT2D eigenvalue weighted by atomic mass is 32.1. The second-order valence-corrected chi connectivity index (χ2v) is 6.32. The first-order valence-corrected chi connectivity index (χ1v) is 6.91. The van der Waals surface area contributed by atoms with Crippen molar-refractivity contribution in [2.24, 2.45) is 5.41 Å². The second kappa shape index (κ2) is 5.26. The lowest BCUT2D eigenvalue weighted by Gasteiger charge is -2.37. The Kier molecular flexibility index (Phi) is 3.86. The van der Waals surface area contributed by atoms with Gasteiger partial charge >= 0.3 is 11.0 Å². The number of carboxylic acid groups (broad SMARTS) is 1. The van der Waals surface area contributed by atoms with Crippen LogP contribution in [-0.4, -0.2) is 34.0 Å². The molecule has 1 fully saturated rings. The quantitative estimate of drug-likeness (QED) is 0.677. The minimum Gasteiger partial charge on any atom is -0.481 e. The van der Waals surface area contributed by atoms with Gasteiger partial charge in [-0.1, -0.05) is 11.3 Å². The van der Waals surface area contributed by atoms with Crippen LogP contribution in [-0.2, 0) is 11.3 Å². The number of carbonyl (C=O) groups is 1. The van der Waals surface area contributed by atoms with Crippen LogP contribution in [0.25, 0.3) is 0 Å². The fraction of sp³-hybridized carbons (Fsp3) is 0.583. The van der Waals surface area contributed by atoms with Crippen LogP contribution in [0.5, 0.6) is 0 Å². The van der Waals surface area contributed by atoms with Gasteiger partial charge in [0.25, 0.3) is 0 Å². The van der Waals surface area contributed by atoms with Crippen LogP contribution < -0.4 is 0 Å². The highest BCUT2D eigenvalue weighted by Gasteiger charge is 2.37. The monoisotopic (exact) mass is 284 g/mol. The van der Waals surface area contributed by atoms with Gasteiger partial charge in [-0.3, -0.25) is 19.8 Å². The molecular formula is C12H16N2O4S. The molecular weight excluding hydrogens is 268 g/mol. The molecule has 104 valence electrons. The third kappa shape index (κ3) is 3.10. The number of thiophene rings is 1. The highest BCUT2D eigenvalue weighted by Crippen LogP contribution is 2.32. The van der Waals surface area contributed by atoms with Gasteiger partial charge in [-0.05, 0) is 32.4 Å². The Balaban J connectivity index is 2.02. The topological polar surface area (TPSA) is 83.7 Å². The van der Waals surface area contributed by atoms with E-state index in [1.165, 1.54) is 6.07 Å². The summed E-state index contributed by atoms with van der Waals surface area (Å²) in [6.45, 7) is 3.68. The fourth-order valence-electron chi connectivity index (χ4n) is 2.42. The zero-order valence-corrected chi connectivity index (χ0v) is 11.5. The number of likely N-dealkylation sites (tertiary alicyclic amines) is 1. The maximum Gasteiger partial charge on any atom is 0.324 e. The summed E-state index contributed by atoms with van der Waals surface area (Å²) in [5, 5.41) is 20.0. The largest absolute Gasteiger partial charge is 0.481 e. The smallest absolute Gasteiger partial charge is 0.324 e. The first-order chi connectivity index (χ1) is 8.90. The van der Waals surface area contributed by atoms with Gasteiger partial charge in [0, 0.05) is 24.0 Å². The van der Waals surface area contributed by atoms with Gasteiger partial charge in [-0.2, -0.15) is 0 Å². The van der Waals surface area contributed by atoms with Crippen LogP contribution >= 0.6 is 11.3 Å². The van der Waals surface area contributed by atoms with Crippen LogP contribution in [0.15, 0.2) is 12.1 Å². The molecule has 1 aliphatic rings. The van der Waals surface area contributed by atoms with Crippen molar-refractivity contribution < 1.29 is 14.8 Å². The zero-order chi connectivity index (χ0) is 14.0. The maximum atomic E-state index is 11.3. The Morgan fingerprint density at radius 1 is 1.63 bits per heavy atom. The molecule has 0 spiro atoms. The van der Waals surface area contributed by atoms with Crippen LogP contribution in [0.3, 0.4) is 0 Å². The van der Waals surface area contributed by atoms with Crippen LogP contribution in [0.1, 0.15) is 24.6 Å². The van der Waals surface area contributed by atoms with Crippen molar-refractivity contribution in [3.8, 4) is 0 Å². The minimum atomic E-state index is -0.769. The van der Waals surface area contributed by atoms with E-state index < -0.39 is 16.3 Å². The number of carboxylic acids is 1. The lowest BCUT2D eigenvalue weighted by atomic mass is 9.82. The Labute approximate surface area is 114 Å². The zero-order valence-electron chi connectivity index (χ0n) is 10.7. The molecule has 0 radical (unpaired) electrons. The summed E-state index contributed by atoms with van der Waals surface area (Å²) in [4.78, 5) is 24.4. The molecule has 1 saturated heterocycles. The van der Waals surface area contributed by atoms with E-state index >= 15 is 0 Å². The van der Waals surface area contributed by atoms with Crippen molar-refractivity contribution in [3.05, 3.63) is 27.1 Å². The number of nitrogens with zero attached hydrogens (tertiary/aromatic N) is 2. The molecule has 1 atom stereocenters. The van der Waals surface area contributed by atoms with E-state index in [0.29, 0.717) is 19.5 Å². The number of rotatable bonds is 4. The normalized spacial score (nSPS) is 24.3. The highest BCUT2D eigenvalue weighted by molar-refractivity contribution is 7.15. The van der Waals surface area contributed by atoms with Crippen molar-refractivity contribution in [3.63, 3.8) is 0 Å². The molecule has 1 N–H and O–H groups in total. The molecule has 6 nitrogen and oxygen atoms in total. The number of aliphatic carboxylic acids is 1. The average molecular weight is 284 g/mol. The van der Waals surface area contributed by atoms with Crippen LogP contribution in [0.4, 0.5) is 5.00 Å². The van der Waals surface area contributed by atoms with Crippen molar-refractivity contribution in [2.45, 2.75) is 26.3 Å². The molecule has 0 bridgehead atoms. The van der Waals surface area contributed by atoms with Gasteiger partial charge in [0.2, 0.25) is 0 Å². The standard InChI is InChI=1S/C12H16N2O4S/c1-12(11(15)16)5-2-6-13(8-12)7-9-3-4-10(19-9)14(17)18/h3-4H,2,5-8H2,1H3,(H,15,16). The Morgan fingerprint density at radius 2 is 2.37 bits per heavy atom. The first-order valence-electron chi connectivity index (χ1n) is 6.09. The summed E-state index contributed by atoms with van der Waals surface area (Å²) < 4.78 is 0. The lowest BCUT2D eigenvalue weighted by molar-refractivity contribution is -0.380. The SMILES string of the molecule is CC1(C(=O)O)CCCN(Cc2ccc([N+](=O)[O-])s2)C1. The summed E-state index contributed by atoms with van der Waals surface area (Å²) in [6, 6.07) is 3.25. The van der Waals surface area contributed by atoms with E-state index in [4.69, 9.17) is 0 Å². The van der Waals surface area contributed by atoms with Crippen molar-refractivity contribution in [2.75, 3.05) is 13.1 Å². The summed E-state index contributed by atoms with van der Waals surface area (Å²) in [7, 11) is 0. The average Bonchev–Trinajstić information content (AvgIpc) is 2.77. The molecule has 1 aromatic heterocycles. The van der Waals surface area contributed by atoms with Gasteiger partial charge < -0.3 is 5.11 Å². The van der Waals surface area contributed by atoms with E-state index in [-0.39, 0.29) is 5.00 Å². The number of hydrogen-bond acceptors (Lipinski definition) is 5. The lowest BCUT2D eigenvalue weighted by Crippen LogP contribution is -2.45. The third-order valence-corrected chi connectivity index (χ3v) is 4.52. The Bertz CT molecular complexity index is 502. The summed E-state index contributed by atoms with van der Waals surface area (Å²) >= 11 is 1.15. The van der Waals surface area contributed by atoms with Gasteiger partial charge in [-0.25, -0.2) is 0 Å². The molecule has 19 heavy (non-hydrogen) atoms. The van der Waals surface area contributed by atoms with Crippen LogP contribution in [0, 0.1) is 15.5 Å². The molecule has 2 rings (SSSR count). The van der Waals surface area contributed by atoms with Gasteiger partial charge in [0.15, 0.2) is 0 Å². The molecule has 0 aliphatic carbocycles. The summed E-state index contributed by atoms with van der Waals surface area (Å²) in [5.41, 5.74) is -0.707. The molecule has 2 heterocycles. The Morgan fingerprint density at radius 3 is 2.95 bits per heavy atom. The van der Waals surface area contributed by atoms with Crippen molar-refractivity contribution in [1.82, 2.24) is 4.90 Å². The van der Waals surface area contributed by atoms with E-state index in [0.717, 1.165) is 29.2 Å². The third-order valence-electron chi connectivity index (χ3n) is 3.50. The number of nitro groups is 1. The predicted molar refractivity (Wildman–Crippen MR) is 71.2 cm³/mol. The first kappa shape index (κ1) is 14.0. The number of hydrogen-bond donors (Lipinski definition) is 1. The predicted octanol–water partition coefficient (Wildman–Crippen LogP) is 2.34. The van der Waals surface area contributed by atoms with Gasteiger partial charge in [0.1, 0.15) is 0 Å². The van der Waals surface area contributed by atoms with Gasteiger partial charge in [0.05, 0.1) is 10.3 Å². The molecule has 1 unspecified atom stereocenters. The van der Waals surface area contributed by atoms with Gasteiger partial charge in [-0.15, -0.1) is 0 Å². The maximum absolute atomic E-state index is 11.3. The summed E-state index contributed by atoms with van der Waals surface area (Å²) in [6.07, 6.45) is 1.53. The van der Waals surface area contributed by atoms with Crippen molar-refractivity contribution in [1.29, 1.82) is 0 Å². The van der Waals surface area contributed by atoms with E-state index in [1.54, 1.807) is 13.0 Å². The fourth-order valence-corrected chi connectivity index (χ4v) is 3.29. The molecule has 0 saturated carbocycles. The molecule has 7 heteroatoms. The number of piperidine rings is 1. The Hall–Kier alpha value is -1.47.